The van der Waals surface area contributed by atoms with Gasteiger partial charge in [-0.15, -0.1) is 12.4 Å². The molecule has 3 atom stereocenters. The van der Waals surface area contributed by atoms with E-state index in [1.807, 2.05) is 6.07 Å². The Balaban J connectivity index is 0.00000161. The summed E-state index contributed by atoms with van der Waals surface area (Å²) in [6.45, 7) is 2.88. The Kier molecular flexibility index (Phi) is 5.30. The third-order valence-corrected chi connectivity index (χ3v) is 4.66. The van der Waals surface area contributed by atoms with Crippen molar-refractivity contribution in [2.75, 3.05) is 20.2 Å². The fourth-order valence-electron chi connectivity index (χ4n) is 3.63. The first-order chi connectivity index (χ1) is 9.67. The van der Waals surface area contributed by atoms with E-state index in [-0.39, 0.29) is 18.2 Å². The molecule has 0 spiro atoms. The molecular weight excluding hydrogens is 292 g/mol. The molecule has 1 aliphatic carbocycles. The van der Waals surface area contributed by atoms with Gasteiger partial charge in [-0.1, -0.05) is 6.42 Å². The first-order valence-corrected chi connectivity index (χ1v) is 7.32. The molecule has 1 saturated heterocycles. The highest BCUT2D eigenvalue weighted by molar-refractivity contribution is 5.86. The van der Waals surface area contributed by atoms with E-state index in [0.717, 1.165) is 37.7 Å². The second-order valence-corrected chi connectivity index (χ2v) is 5.97. The number of fused-ring (bicyclic) bond motifs is 1. The number of nitrogens with zero attached hydrogens (tertiary/aromatic N) is 1. The smallest absolute Gasteiger partial charge is 0.373 e. The van der Waals surface area contributed by atoms with Crippen molar-refractivity contribution in [1.82, 2.24) is 4.90 Å². The maximum Gasteiger partial charge on any atom is 0.373 e. The van der Waals surface area contributed by atoms with Gasteiger partial charge in [0.15, 0.2) is 0 Å². The maximum atomic E-state index is 11.4. The number of carbonyl (C=O) groups is 1. The molecule has 1 aromatic rings. The predicted molar refractivity (Wildman–Crippen MR) is 81.4 cm³/mol. The number of esters is 1. The van der Waals surface area contributed by atoms with E-state index in [2.05, 4.69) is 9.64 Å². The molecule has 5 nitrogen and oxygen atoms in total. The molecule has 3 rings (SSSR count). The summed E-state index contributed by atoms with van der Waals surface area (Å²) < 4.78 is 10.2. The van der Waals surface area contributed by atoms with Crippen LogP contribution in [0.25, 0.3) is 0 Å². The molecule has 118 valence electrons. The summed E-state index contributed by atoms with van der Waals surface area (Å²) in [6, 6.07) is 3.88. The molecule has 1 aromatic heterocycles. The van der Waals surface area contributed by atoms with Gasteiger partial charge in [0.25, 0.3) is 0 Å². The summed E-state index contributed by atoms with van der Waals surface area (Å²) in [5.41, 5.74) is 6.23. The van der Waals surface area contributed by atoms with Crippen molar-refractivity contribution in [2.24, 2.45) is 17.6 Å². The highest BCUT2D eigenvalue weighted by Crippen LogP contribution is 2.36. The van der Waals surface area contributed by atoms with Crippen molar-refractivity contribution in [2.45, 2.75) is 31.8 Å². The summed E-state index contributed by atoms with van der Waals surface area (Å²) in [7, 11) is 1.36. The van der Waals surface area contributed by atoms with Crippen LogP contribution >= 0.6 is 12.4 Å². The third-order valence-electron chi connectivity index (χ3n) is 4.66. The molecule has 2 heterocycles. The summed E-state index contributed by atoms with van der Waals surface area (Å²) in [4.78, 5) is 13.8. The minimum absolute atomic E-state index is 0. The average Bonchev–Trinajstić information content (AvgIpc) is 3.05. The maximum absolute atomic E-state index is 11.4. The van der Waals surface area contributed by atoms with Crippen LogP contribution in [0.5, 0.6) is 0 Å². The Morgan fingerprint density at radius 1 is 1.43 bits per heavy atom. The molecule has 0 bridgehead atoms. The van der Waals surface area contributed by atoms with E-state index in [4.69, 9.17) is 10.2 Å². The lowest BCUT2D eigenvalue weighted by atomic mass is 9.78. The van der Waals surface area contributed by atoms with E-state index < -0.39 is 5.97 Å². The number of halogens is 1. The van der Waals surface area contributed by atoms with Gasteiger partial charge >= 0.3 is 5.97 Å². The minimum Gasteiger partial charge on any atom is -0.463 e. The zero-order chi connectivity index (χ0) is 14.1. The van der Waals surface area contributed by atoms with Gasteiger partial charge in [-0.3, -0.25) is 4.90 Å². The highest BCUT2D eigenvalue weighted by Gasteiger charge is 2.38. The third kappa shape index (κ3) is 3.42. The average molecular weight is 315 g/mol. The van der Waals surface area contributed by atoms with E-state index in [9.17, 15) is 4.79 Å². The number of likely N-dealkylation sites (tertiary alicyclic amines) is 1. The topological polar surface area (TPSA) is 68.7 Å². The van der Waals surface area contributed by atoms with Gasteiger partial charge in [0, 0.05) is 19.1 Å². The number of carbonyl (C=O) groups excluding carboxylic acids is 1. The predicted octanol–water partition coefficient (Wildman–Crippen LogP) is 2.05. The van der Waals surface area contributed by atoms with Crippen molar-refractivity contribution in [3.8, 4) is 0 Å². The SMILES string of the molecule is COC(=O)c1ccc(CN2CC3CCCC(N)C3C2)o1.Cl. The van der Waals surface area contributed by atoms with Crippen LogP contribution in [-0.4, -0.2) is 37.1 Å². The van der Waals surface area contributed by atoms with Crippen molar-refractivity contribution in [1.29, 1.82) is 0 Å². The first kappa shape index (κ1) is 16.3. The molecule has 2 N–H and O–H groups in total. The Bertz CT molecular complexity index is 491. The normalized spacial score (nSPS) is 28.8. The number of hydrogen-bond acceptors (Lipinski definition) is 5. The zero-order valence-corrected chi connectivity index (χ0v) is 13.1. The van der Waals surface area contributed by atoms with Crippen molar-refractivity contribution in [3.63, 3.8) is 0 Å². The number of furan rings is 1. The van der Waals surface area contributed by atoms with Gasteiger partial charge in [0.1, 0.15) is 5.76 Å². The number of nitrogens with two attached hydrogens (primary N) is 1. The van der Waals surface area contributed by atoms with Gasteiger partial charge in [-0.2, -0.15) is 0 Å². The van der Waals surface area contributed by atoms with Gasteiger partial charge in [0.05, 0.1) is 13.7 Å². The van der Waals surface area contributed by atoms with Crippen LogP contribution < -0.4 is 5.73 Å². The van der Waals surface area contributed by atoms with E-state index in [1.54, 1.807) is 6.07 Å². The lowest BCUT2D eigenvalue weighted by Gasteiger charge is -2.29. The largest absolute Gasteiger partial charge is 0.463 e. The van der Waals surface area contributed by atoms with E-state index in [1.165, 1.54) is 20.0 Å². The van der Waals surface area contributed by atoms with Crippen LogP contribution in [0.3, 0.4) is 0 Å². The molecule has 0 amide bonds. The highest BCUT2D eigenvalue weighted by atomic mass is 35.5. The van der Waals surface area contributed by atoms with Crippen molar-refractivity contribution >= 4 is 18.4 Å². The minimum atomic E-state index is -0.423. The first-order valence-electron chi connectivity index (χ1n) is 7.32. The number of hydrogen-bond donors (Lipinski definition) is 1. The van der Waals surface area contributed by atoms with E-state index in [0.29, 0.717) is 12.0 Å². The quantitative estimate of drug-likeness (QED) is 0.865. The molecule has 0 aromatic carbocycles. The molecule has 1 aliphatic heterocycles. The molecule has 2 aliphatic rings. The Morgan fingerprint density at radius 2 is 2.24 bits per heavy atom. The zero-order valence-electron chi connectivity index (χ0n) is 12.3. The van der Waals surface area contributed by atoms with Crippen molar-refractivity contribution in [3.05, 3.63) is 23.7 Å². The van der Waals surface area contributed by atoms with Crippen LogP contribution in [0, 0.1) is 11.8 Å². The van der Waals surface area contributed by atoms with Gasteiger partial charge < -0.3 is 14.9 Å². The summed E-state index contributed by atoms with van der Waals surface area (Å²) >= 11 is 0. The molecule has 21 heavy (non-hydrogen) atoms. The fraction of sp³-hybridized carbons (Fsp3) is 0.667. The van der Waals surface area contributed by atoms with Crippen LogP contribution in [-0.2, 0) is 11.3 Å². The van der Waals surface area contributed by atoms with Gasteiger partial charge in [-0.25, -0.2) is 4.79 Å². The molecule has 3 unspecified atom stereocenters. The van der Waals surface area contributed by atoms with Crippen LogP contribution in [0.2, 0.25) is 0 Å². The standard InChI is InChI=1S/C15H22N2O3.ClH/c1-19-15(18)14-6-5-11(20-14)8-17-7-10-3-2-4-13(16)12(10)9-17;/h5-6,10,12-13H,2-4,7-9,16H2,1H3;1H. The van der Waals surface area contributed by atoms with Gasteiger partial charge in [-0.05, 0) is 36.8 Å². The van der Waals surface area contributed by atoms with Crippen LogP contribution in [0.15, 0.2) is 16.5 Å². The molecular formula is C15H23ClN2O3. The second-order valence-electron chi connectivity index (χ2n) is 5.97. The Morgan fingerprint density at radius 3 is 2.95 bits per heavy atom. The molecule has 6 heteroatoms. The number of rotatable bonds is 3. The monoisotopic (exact) mass is 314 g/mol. The lowest BCUT2D eigenvalue weighted by molar-refractivity contribution is 0.0561. The van der Waals surface area contributed by atoms with Crippen LogP contribution in [0.1, 0.15) is 35.6 Å². The van der Waals surface area contributed by atoms with E-state index >= 15 is 0 Å². The summed E-state index contributed by atoms with van der Waals surface area (Å²) in [6.07, 6.45) is 3.70. The fourth-order valence-corrected chi connectivity index (χ4v) is 3.63. The van der Waals surface area contributed by atoms with Crippen LogP contribution in [0.4, 0.5) is 0 Å². The Hall–Kier alpha value is -1.04. The number of ether oxygens (including phenoxy) is 1. The summed E-state index contributed by atoms with van der Waals surface area (Å²) in [5, 5.41) is 0. The second kappa shape index (κ2) is 6.81. The lowest BCUT2D eigenvalue weighted by Crippen LogP contribution is -2.38. The molecule has 1 saturated carbocycles. The number of methoxy groups -OCH3 is 1. The van der Waals surface area contributed by atoms with Crippen molar-refractivity contribution < 1.29 is 13.9 Å². The summed E-state index contributed by atoms with van der Waals surface area (Å²) in [5.74, 6) is 2.02. The Labute approximate surface area is 131 Å². The molecule has 0 radical (unpaired) electrons. The molecule has 2 fully saturated rings. The van der Waals surface area contributed by atoms with Gasteiger partial charge in [0.2, 0.25) is 5.76 Å².